The van der Waals surface area contributed by atoms with Crippen LogP contribution in [0.5, 0.6) is 11.5 Å². The van der Waals surface area contributed by atoms with E-state index >= 15 is 0 Å². The number of nitrogens with zero attached hydrogens (tertiary/aromatic N) is 1. The van der Waals surface area contributed by atoms with E-state index < -0.39 is 0 Å². The van der Waals surface area contributed by atoms with Crippen molar-refractivity contribution in [3.8, 4) is 11.5 Å². The lowest BCUT2D eigenvalue weighted by Gasteiger charge is -2.06. The Morgan fingerprint density at radius 3 is 2.74 bits per heavy atom. The van der Waals surface area contributed by atoms with E-state index in [1.807, 2.05) is 0 Å². The molecule has 0 radical (unpaired) electrons. The number of carbonyl (C=O) groups excluding carboxylic acids is 1. The predicted molar refractivity (Wildman–Crippen MR) is 76.5 cm³/mol. The van der Waals surface area contributed by atoms with E-state index in [0.29, 0.717) is 21.4 Å². The molecule has 2 aromatic heterocycles. The molecule has 2 heterocycles. The first-order valence-corrected chi connectivity index (χ1v) is 6.72. The zero-order valence-electron chi connectivity index (χ0n) is 9.67. The Morgan fingerprint density at radius 2 is 2.00 bits per heavy atom. The summed E-state index contributed by atoms with van der Waals surface area (Å²) >= 11 is 7.22. The third kappa shape index (κ3) is 2.45. The number of rotatable bonds is 3. The molecule has 0 aliphatic rings. The average Bonchev–Trinajstić information content (AvgIpc) is 2.85. The van der Waals surface area contributed by atoms with Gasteiger partial charge in [0.15, 0.2) is 12.0 Å². The predicted octanol–water partition coefficient (Wildman–Crippen LogP) is 4.55. The highest BCUT2D eigenvalue weighted by Gasteiger charge is 2.08. The van der Waals surface area contributed by atoms with Crippen LogP contribution in [0.15, 0.2) is 42.7 Å². The van der Waals surface area contributed by atoms with Crippen molar-refractivity contribution in [3.63, 3.8) is 0 Å². The molecule has 1 aromatic carbocycles. The number of benzene rings is 1. The Bertz CT molecular complexity index is 737. The van der Waals surface area contributed by atoms with E-state index in [4.69, 9.17) is 16.3 Å². The van der Waals surface area contributed by atoms with Crippen LogP contribution in [0, 0.1) is 0 Å². The van der Waals surface area contributed by atoms with Gasteiger partial charge in [0.25, 0.3) is 0 Å². The fourth-order valence-electron chi connectivity index (χ4n) is 1.72. The highest BCUT2D eigenvalue weighted by Crippen LogP contribution is 2.33. The van der Waals surface area contributed by atoms with Crippen LogP contribution in [0.3, 0.4) is 0 Å². The molecule has 19 heavy (non-hydrogen) atoms. The molecule has 5 heteroatoms. The Kier molecular flexibility index (Phi) is 3.19. The van der Waals surface area contributed by atoms with Crippen molar-refractivity contribution in [2.24, 2.45) is 0 Å². The maximum absolute atomic E-state index is 10.8. The lowest BCUT2D eigenvalue weighted by molar-refractivity contribution is 0.112. The molecule has 3 nitrogen and oxygen atoms in total. The molecule has 3 aromatic rings. The zero-order valence-corrected chi connectivity index (χ0v) is 11.2. The van der Waals surface area contributed by atoms with Crippen LogP contribution >= 0.6 is 22.9 Å². The quantitative estimate of drug-likeness (QED) is 0.664. The highest BCUT2D eigenvalue weighted by atomic mass is 35.5. The topological polar surface area (TPSA) is 39.2 Å². The van der Waals surface area contributed by atoms with Gasteiger partial charge in [-0.05, 0) is 30.3 Å². The number of carbonyl (C=O) groups is 1. The molecule has 0 saturated carbocycles. The summed E-state index contributed by atoms with van der Waals surface area (Å²) in [4.78, 5) is 15.6. The smallest absolute Gasteiger partial charge is 0.160 e. The van der Waals surface area contributed by atoms with E-state index in [-0.39, 0.29) is 0 Å². The monoisotopic (exact) mass is 289 g/mol. The highest BCUT2D eigenvalue weighted by molar-refractivity contribution is 7.20. The molecule has 0 fully saturated rings. The normalized spacial score (nSPS) is 10.6. The summed E-state index contributed by atoms with van der Waals surface area (Å²) in [7, 11) is 0. The molecule has 0 atom stereocenters. The van der Waals surface area contributed by atoms with E-state index in [9.17, 15) is 4.79 Å². The molecule has 0 aliphatic heterocycles. The summed E-state index contributed by atoms with van der Waals surface area (Å²) in [5.74, 6) is 1.31. The van der Waals surface area contributed by atoms with Crippen molar-refractivity contribution in [2.45, 2.75) is 0 Å². The number of halogens is 1. The summed E-state index contributed by atoms with van der Waals surface area (Å²) in [5.41, 5.74) is 0. The van der Waals surface area contributed by atoms with Crippen LogP contribution in [0.4, 0.5) is 0 Å². The van der Waals surface area contributed by atoms with Gasteiger partial charge >= 0.3 is 0 Å². The zero-order chi connectivity index (χ0) is 13.2. The summed E-state index contributed by atoms with van der Waals surface area (Å²) in [6.07, 6.45) is 4.19. The molecule has 0 unspecified atom stereocenters. The van der Waals surface area contributed by atoms with Gasteiger partial charge in [0, 0.05) is 16.6 Å². The Morgan fingerprint density at radius 1 is 1.21 bits per heavy atom. The molecule has 0 aliphatic carbocycles. The molecule has 94 valence electrons. The van der Waals surface area contributed by atoms with Crippen LogP contribution in [0.25, 0.3) is 10.1 Å². The summed E-state index contributed by atoms with van der Waals surface area (Å²) in [6, 6.07) is 8.89. The largest absolute Gasteiger partial charge is 0.455 e. The van der Waals surface area contributed by atoms with Gasteiger partial charge < -0.3 is 4.74 Å². The van der Waals surface area contributed by atoms with Gasteiger partial charge in [-0.25, -0.2) is 0 Å². The average molecular weight is 290 g/mol. The molecule has 0 spiro atoms. The van der Waals surface area contributed by atoms with Gasteiger partial charge in [0.1, 0.15) is 5.75 Å². The number of pyridine rings is 1. The second-order valence-electron chi connectivity index (χ2n) is 3.87. The summed E-state index contributed by atoms with van der Waals surface area (Å²) in [5, 5.41) is 1.54. The second kappa shape index (κ2) is 4.99. The van der Waals surface area contributed by atoms with Crippen molar-refractivity contribution in [1.29, 1.82) is 0 Å². The Labute approximate surface area is 118 Å². The number of ether oxygens (including phenoxy) is 1. The third-order valence-corrected chi connectivity index (χ3v) is 3.83. The van der Waals surface area contributed by atoms with Gasteiger partial charge in [-0.1, -0.05) is 11.6 Å². The maximum Gasteiger partial charge on any atom is 0.160 e. The van der Waals surface area contributed by atoms with Crippen LogP contribution in [0.1, 0.15) is 9.67 Å². The van der Waals surface area contributed by atoms with Gasteiger partial charge in [-0.2, -0.15) is 0 Å². The van der Waals surface area contributed by atoms with Crippen molar-refractivity contribution in [2.75, 3.05) is 0 Å². The maximum atomic E-state index is 10.8. The molecule has 0 amide bonds. The minimum atomic E-state index is 0.629. The lowest BCUT2D eigenvalue weighted by Crippen LogP contribution is -1.85. The number of hydrogen-bond acceptors (Lipinski definition) is 4. The number of aldehydes is 1. The van der Waals surface area contributed by atoms with Gasteiger partial charge in [0.2, 0.25) is 0 Å². The van der Waals surface area contributed by atoms with Crippen LogP contribution in [0.2, 0.25) is 5.02 Å². The van der Waals surface area contributed by atoms with Crippen LogP contribution in [-0.2, 0) is 0 Å². The van der Waals surface area contributed by atoms with E-state index in [2.05, 4.69) is 4.98 Å². The minimum absolute atomic E-state index is 0.629. The number of hydrogen-bond donors (Lipinski definition) is 0. The van der Waals surface area contributed by atoms with Gasteiger partial charge in [-0.3, -0.25) is 9.78 Å². The number of thiophene rings is 1. The van der Waals surface area contributed by atoms with Crippen molar-refractivity contribution in [3.05, 3.63) is 52.6 Å². The van der Waals surface area contributed by atoms with Crippen LogP contribution < -0.4 is 4.74 Å². The fourth-order valence-corrected chi connectivity index (χ4v) is 2.71. The van der Waals surface area contributed by atoms with Crippen molar-refractivity contribution in [1.82, 2.24) is 4.98 Å². The molecule has 0 saturated heterocycles. The first kappa shape index (κ1) is 12.1. The fraction of sp³-hybridized carbons (Fsp3) is 0. The van der Waals surface area contributed by atoms with Crippen LogP contribution in [-0.4, -0.2) is 11.3 Å². The Balaban J connectivity index is 2.02. The summed E-state index contributed by atoms with van der Waals surface area (Å²) < 4.78 is 6.70. The SMILES string of the molecule is O=Cc1cc2c(Oc3ccc(Cl)cc3)cncc2s1. The van der Waals surface area contributed by atoms with E-state index in [1.165, 1.54) is 11.3 Å². The minimum Gasteiger partial charge on any atom is -0.455 e. The molecule has 0 N–H and O–H groups in total. The molecular formula is C14H8ClNO2S. The van der Waals surface area contributed by atoms with Gasteiger partial charge in [0.05, 0.1) is 15.8 Å². The molecular weight excluding hydrogens is 282 g/mol. The summed E-state index contributed by atoms with van der Waals surface area (Å²) in [6.45, 7) is 0. The van der Waals surface area contributed by atoms with Crippen molar-refractivity contribution < 1.29 is 9.53 Å². The van der Waals surface area contributed by atoms with E-state index in [1.54, 1.807) is 42.7 Å². The molecule has 3 rings (SSSR count). The Hall–Kier alpha value is -1.91. The standard InChI is InChI=1S/C14H8ClNO2S/c15-9-1-3-10(4-2-9)18-13-6-16-7-14-12(13)5-11(8-17)19-14/h1-8H. The van der Waals surface area contributed by atoms with Crippen molar-refractivity contribution >= 4 is 39.3 Å². The third-order valence-electron chi connectivity index (χ3n) is 2.59. The van der Waals surface area contributed by atoms with Gasteiger partial charge in [-0.15, -0.1) is 11.3 Å². The first-order chi connectivity index (χ1) is 9.26. The lowest BCUT2D eigenvalue weighted by atomic mass is 10.3. The van der Waals surface area contributed by atoms with E-state index in [0.717, 1.165) is 16.4 Å². The second-order valence-corrected chi connectivity index (χ2v) is 5.42. The molecule has 0 bridgehead atoms. The number of fused-ring (bicyclic) bond motifs is 1. The number of aromatic nitrogens is 1. The first-order valence-electron chi connectivity index (χ1n) is 5.52.